The molecule has 0 amide bonds. The third-order valence-corrected chi connectivity index (χ3v) is 7.17. The van der Waals surface area contributed by atoms with Crippen molar-refractivity contribution in [2.75, 3.05) is 0 Å². The van der Waals surface area contributed by atoms with Gasteiger partial charge in [-0.25, -0.2) is 8.42 Å². The van der Waals surface area contributed by atoms with Crippen molar-refractivity contribution in [2.24, 2.45) is 0 Å². The lowest BCUT2D eigenvalue weighted by molar-refractivity contribution is 0.185. The molecule has 3 heterocycles. The number of nitrogens with zero attached hydrogens (tertiary/aromatic N) is 4. The van der Waals surface area contributed by atoms with Crippen molar-refractivity contribution in [3.63, 3.8) is 0 Å². The second-order valence-electron chi connectivity index (χ2n) is 6.44. The molecule has 2 bridgehead atoms. The zero-order chi connectivity index (χ0) is 16.7. The highest BCUT2D eigenvalue weighted by Crippen LogP contribution is 2.43. The van der Waals surface area contributed by atoms with Crippen molar-refractivity contribution in [1.29, 1.82) is 5.26 Å². The first-order valence-electron chi connectivity index (χ1n) is 8.13. The zero-order valence-electron chi connectivity index (χ0n) is 13.1. The molecule has 2 aromatic rings. The lowest BCUT2D eigenvalue weighted by atomic mass is 10.00. The van der Waals surface area contributed by atoms with E-state index >= 15 is 0 Å². The summed E-state index contributed by atoms with van der Waals surface area (Å²) >= 11 is 0. The van der Waals surface area contributed by atoms with E-state index in [0.717, 1.165) is 25.7 Å². The summed E-state index contributed by atoms with van der Waals surface area (Å²) < 4.78 is 29.9. The molecule has 2 atom stereocenters. The van der Waals surface area contributed by atoms with Crippen LogP contribution in [0.4, 0.5) is 0 Å². The SMILES string of the molecule is N#Cc1ccccc1S(=O)(=O)N1C2CCC1CC(n1cccn1)C2. The molecule has 0 radical (unpaired) electrons. The van der Waals surface area contributed by atoms with Crippen molar-refractivity contribution in [3.05, 3.63) is 48.3 Å². The summed E-state index contributed by atoms with van der Waals surface area (Å²) in [6.45, 7) is 0. The lowest BCUT2D eigenvalue weighted by Gasteiger charge is -2.38. The van der Waals surface area contributed by atoms with Gasteiger partial charge in [-0.15, -0.1) is 0 Å². The fourth-order valence-corrected chi connectivity index (χ4v) is 6.15. The molecule has 2 aliphatic heterocycles. The van der Waals surface area contributed by atoms with E-state index in [-0.39, 0.29) is 28.6 Å². The number of aromatic nitrogens is 2. The van der Waals surface area contributed by atoms with Gasteiger partial charge in [0.2, 0.25) is 10.0 Å². The number of sulfonamides is 1. The van der Waals surface area contributed by atoms with Crippen LogP contribution < -0.4 is 0 Å². The molecule has 1 aromatic carbocycles. The number of hydrogen-bond donors (Lipinski definition) is 0. The second-order valence-corrected chi connectivity index (χ2v) is 8.25. The Bertz CT molecular complexity index is 872. The molecule has 0 aliphatic carbocycles. The van der Waals surface area contributed by atoms with Crippen LogP contribution in [0.1, 0.15) is 37.3 Å². The molecule has 24 heavy (non-hydrogen) atoms. The predicted octanol–water partition coefficient (Wildman–Crippen LogP) is 2.31. The molecular formula is C17H18N4O2S. The summed E-state index contributed by atoms with van der Waals surface area (Å²) in [5.41, 5.74) is 0.214. The van der Waals surface area contributed by atoms with Gasteiger partial charge in [0.25, 0.3) is 0 Å². The van der Waals surface area contributed by atoms with Crippen molar-refractivity contribution in [2.45, 2.75) is 48.7 Å². The second kappa shape index (κ2) is 5.72. The molecule has 2 unspecified atom stereocenters. The number of piperidine rings is 1. The molecule has 2 fully saturated rings. The molecule has 0 spiro atoms. The van der Waals surface area contributed by atoms with Crippen molar-refractivity contribution < 1.29 is 8.42 Å². The van der Waals surface area contributed by atoms with E-state index in [4.69, 9.17) is 0 Å². The maximum Gasteiger partial charge on any atom is 0.244 e. The minimum absolute atomic E-state index is 0.0188. The number of fused-ring (bicyclic) bond motifs is 2. The molecule has 124 valence electrons. The molecule has 2 aliphatic rings. The Morgan fingerprint density at radius 2 is 1.79 bits per heavy atom. The van der Waals surface area contributed by atoms with Gasteiger partial charge in [0, 0.05) is 24.5 Å². The van der Waals surface area contributed by atoms with Gasteiger partial charge in [0.15, 0.2) is 0 Å². The topological polar surface area (TPSA) is 79.0 Å². The van der Waals surface area contributed by atoms with Crippen LogP contribution in [-0.2, 0) is 10.0 Å². The van der Waals surface area contributed by atoms with Crippen LogP contribution in [0.5, 0.6) is 0 Å². The summed E-state index contributed by atoms with van der Waals surface area (Å²) in [5.74, 6) is 0. The van der Waals surface area contributed by atoms with Crippen molar-refractivity contribution in [1.82, 2.24) is 14.1 Å². The maximum atomic E-state index is 13.2. The first kappa shape index (κ1) is 15.4. The van der Waals surface area contributed by atoms with E-state index in [0.29, 0.717) is 0 Å². The summed E-state index contributed by atoms with van der Waals surface area (Å²) in [5, 5.41) is 13.6. The molecule has 0 N–H and O–H groups in total. The summed E-state index contributed by atoms with van der Waals surface area (Å²) in [6.07, 6.45) is 6.98. The van der Waals surface area contributed by atoms with Gasteiger partial charge >= 0.3 is 0 Å². The third-order valence-electron chi connectivity index (χ3n) is 5.10. The van der Waals surface area contributed by atoms with Crippen LogP contribution >= 0.6 is 0 Å². The van der Waals surface area contributed by atoms with Crippen LogP contribution in [-0.4, -0.2) is 34.6 Å². The van der Waals surface area contributed by atoms with Gasteiger partial charge in [0.05, 0.1) is 16.5 Å². The molecule has 2 saturated heterocycles. The van der Waals surface area contributed by atoms with Gasteiger partial charge in [-0.1, -0.05) is 12.1 Å². The van der Waals surface area contributed by atoms with Crippen molar-refractivity contribution in [3.8, 4) is 6.07 Å². The molecule has 1 aromatic heterocycles. The molecule has 0 saturated carbocycles. The van der Waals surface area contributed by atoms with E-state index in [1.54, 1.807) is 28.7 Å². The minimum atomic E-state index is -3.65. The summed E-state index contributed by atoms with van der Waals surface area (Å²) in [4.78, 5) is 0.127. The van der Waals surface area contributed by atoms with Gasteiger partial charge < -0.3 is 0 Å². The Morgan fingerprint density at radius 1 is 1.08 bits per heavy atom. The Hall–Kier alpha value is -2.17. The lowest BCUT2D eigenvalue weighted by Crippen LogP contribution is -2.47. The van der Waals surface area contributed by atoms with Crippen LogP contribution in [0.3, 0.4) is 0 Å². The molecular weight excluding hydrogens is 324 g/mol. The third kappa shape index (κ3) is 2.34. The maximum absolute atomic E-state index is 13.2. The Labute approximate surface area is 141 Å². The van der Waals surface area contributed by atoms with Gasteiger partial charge in [-0.3, -0.25) is 4.68 Å². The Morgan fingerprint density at radius 3 is 2.42 bits per heavy atom. The monoisotopic (exact) mass is 342 g/mol. The standard InChI is InChI=1S/C17H18N4O2S/c18-12-13-4-1-2-5-17(13)24(22,23)21-14-6-7-15(21)11-16(10-14)20-9-3-8-19-20/h1-5,8-9,14-16H,6-7,10-11H2. The van der Waals surface area contributed by atoms with E-state index in [1.807, 2.05) is 23.0 Å². The first-order chi connectivity index (χ1) is 11.6. The van der Waals surface area contributed by atoms with E-state index in [9.17, 15) is 13.7 Å². The Kier molecular flexibility index (Phi) is 3.66. The number of rotatable bonds is 3. The fraction of sp³-hybridized carbons (Fsp3) is 0.412. The highest BCUT2D eigenvalue weighted by Gasteiger charge is 2.48. The Balaban J connectivity index is 1.67. The van der Waals surface area contributed by atoms with E-state index in [1.165, 1.54) is 6.07 Å². The molecule has 6 nitrogen and oxygen atoms in total. The van der Waals surface area contributed by atoms with E-state index in [2.05, 4.69) is 5.10 Å². The van der Waals surface area contributed by atoms with E-state index < -0.39 is 10.0 Å². The minimum Gasteiger partial charge on any atom is -0.270 e. The zero-order valence-corrected chi connectivity index (χ0v) is 13.9. The smallest absolute Gasteiger partial charge is 0.244 e. The average molecular weight is 342 g/mol. The van der Waals surface area contributed by atoms with Gasteiger partial charge in [0.1, 0.15) is 6.07 Å². The van der Waals surface area contributed by atoms with Crippen LogP contribution in [0.15, 0.2) is 47.6 Å². The predicted molar refractivity (Wildman–Crippen MR) is 87.5 cm³/mol. The van der Waals surface area contributed by atoms with Crippen LogP contribution in [0.2, 0.25) is 0 Å². The molecule has 7 heteroatoms. The summed E-state index contributed by atoms with van der Waals surface area (Å²) in [6, 6.07) is 10.6. The van der Waals surface area contributed by atoms with Gasteiger partial charge in [-0.2, -0.15) is 14.7 Å². The number of nitriles is 1. The highest BCUT2D eigenvalue weighted by molar-refractivity contribution is 7.89. The van der Waals surface area contributed by atoms with Crippen LogP contribution in [0.25, 0.3) is 0 Å². The quantitative estimate of drug-likeness (QED) is 0.857. The molecule has 4 rings (SSSR count). The van der Waals surface area contributed by atoms with Crippen molar-refractivity contribution >= 4 is 10.0 Å². The average Bonchev–Trinajstić information content (AvgIpc) is 3.22. The largest absolute Gasteiger partial charge is 0.270 e. The highest BCUT2D eigenvalue weighted by atomic mass is 32.2. The number of benzene rings is 1. The first-order valence-corrected chi connectivity index (χ1v) is 9.57. The van der Waals surface area contributed by atoms with Gasteiger partial charge in [-0.05, 0) is 43.9 Å². The summed E-state index contributed by atoms with van der Waals surface area (Å²) in [7, 11) is -3.65. The number of hydrogen-bond acceptors (Lipinski definition) is 4. The van der Waals surface area contributed by atoms with Crippen LogP contribution in [0, 0.1) is 11.3 Å². The normalized spacial score (nSPS) is 27.0. The fourth-order valence-electron chi connectivity index (χ4n) is 4.11.